The SMILES string of the molecule is Cc1ccc2c(oc3nc(C(C)(C)C)ccc32)c1C1(C)C=CC=CN1C. The molecule has 0 amide bonds. The molecule has 0 spiro atoms. The largest absolute Gasteiger partial charge is 0.437 e. The van der Waals surface area contributed by atoms with Crippen molar-refractivity contribution in [2.24, 2.45) is 0 Å². The van der Waals surface area contributed by atoms with Gasteiger partial charge in [0.25, 0.3) is 0 Å². The van der Waals surface area contributed by atoms with Gasteiger partial charge in [0, 0.05) is 34.5 Å². The molecule has 0 bridgehead atoms. The van der Waals surface area contributed by atoms with Crippen LogP contribution in [0.4, 0.5) is 0 Å². The van der Waals surface area contributed by atoms with Gasteiger partial charge in [-0.2, -0.15) is 0 Å². The van der Waals surface area contributed by atoms with Crippen LogP contribution in [-0.4, -0.2) is 16.9 Å². The molecule has 26 heavy (non-hydrogen) atoms. The van der Waals surface area contributed by atoms with E-state index in [1.54, 1.807) is 0 Å². The lowest BCUT2D eigenvalue weighted by atomic mass is 9.84. The number of benzene rings is 1. The fraction of sp³-hybridized carbons (Fsp3) is 0.348. The van der Waals surface area contributed by atoms with Gasteiger partial charge in [0.05, 0.1) is 5.54 Å². The molecule has 1 aromatic carbocycles. The molecule has 3 aromatic rings. The summed E-state index contributed by atoms with van der Waals surface area (Å²) in [6, 6.07) is 8.62. The number of allylic oxidation sites excluding steroid dienone is 2. The van der Waals surface area contributed by atoms with Crippen molar-refractivity contribution in [3.63, 3.8) is 0 Å². The van der Waals surface area contributed by atoms with E-state index in [9.17, 15) is 0 Å². The molecule has 4 rings (SSSR count). The van der Waals surface area contributed by atoms with Gasteiger partial charge < -0.3 is 9.32 Å². The lowest BCUT2D eigenvalue weighted by Crippen LogP contribution is -2.37. The second-order valence-corrected chi connectivity index (χ2v) is 8.49. The minimum Gasteiger partial charge on any atom is -0.437 e. The van der Waals surface area contributed by atoms with Crippen LogP contribution < -0.4 is 0 Å². The maximum absolute atomic E-state index is 6.37. The molecule has 0 saturated heterocycles. The molecule has 0 N–H and O–H groups in total. The van der Waals surface area contributed by atoms with E-state index in [1.807, 2.05) is 0 Å². The molecule has 1 atom stereocenters. The van der Waals surface area contributed by atoms with Crippen LogP contribution in [0.5, 0.6) is 0 Å². The molecular formula is C23H26N2O. The maximum Gasteiger partial charge on any atom is 0.227 e. The Bertz CT molecular complexity index is 1070. The Morgan fingerprint density at radius 2 is 1.77 bits per heavy atom. The number of aryl methyl sites for hydroxylation is 1. The molecule has 1 aliphatic heterocycles. The third-order valence-corrected chi connectivity index (χ3v) is 5.56. The van der Waals surface area contributed by atoms with Gasteiger partial charge >= 0.3 is 0 Å². The van der Waals surface area contributed by atoms with Gasteiger partial charge in [-0.25, -0.2) is 4.98 Å². The van der Waals surface area contributed by atoms with Gasteiger partial charge in [-0.3, -0.25) is 0 Å². The Kier molecular flexibility index (Phi) is 3.56. The summed E-state index contributed by atoms with van der Waals surface area (Å²) in [5.41, 5.74) is 4.88. The zero-order valence-corrected chi connectivity index (χ0v) is 16.4. The summed E-state index contributed by atoms with van der Waals surface area (Å²) < 4.78 is 6.37. The Labute approximate surface area is 155 Å². The van der Waals surface area contributed by atoms with E-state index in [0.717, 1.165) is 27.8 Å². The molecule has 1 aliphatic rings. The zero-order valence-electron chi connectivity index (χ0n) is 16.4. The van der Waals surface area contributed by atoms with Gasteiger partial charge in [0.15, 0.2) is 0 Å². The molecule has 1 unspecified atom stereocenters. The molecular weight excluding hydrogens is 320 g/mol. The molecule has 3 heteroatoms. The van der Waals surface area contributed by atoms with Crippen LogP contribution in [-0.2, 0) is 11.0 Å². The Morgan fingerprint density at radius 1 is 1.04 bits per heavy atom. The van der Waals surface area contributed by atoms with Gasteiger partial charge in [-0.15, -0.1) is 0 Å². The number of likely N-dealkylation sites (N-methyl/N-ethyl adjacent to an activating group) is 1. The number of rotatable bonds is 1. The second kappa shape index (κ2) is 5.47. The molecule has 0 saturated carbocycles. The van der Waals surface area contributed by atoms with Gasteiger partial charge in [0.2, 0.25) is 5.71 Å². The Morgan fingerprint density at radius 3 is 2.46 bits per heavy atom. The number of aromatic nitrogens is 1. The van der Waals surface area contributed by atoms with E-state index >= 15 is 0 Å². The molecule has 2 aromatic heterocycles. The predicted octanol–water partition coefficient (Wildman–Crippen LogP) is 5.82. The van der Waals surface area contributed by atoms with Crippen molar-refractivity contribution >= 4 is 22.1 Å². The number of nitrogens with zero attached hydrogens (tertiary/aromatic N) is 2. The van der Waals surface area contributed by atoms with Gasteiger partial charge in [-0.1, -0.05) is 45.1 Å². The quantitative estimate of drug-likeness (QED) is 0.556. The van der Waals surface area contributed by atoms with Crippen LogP contribution in [0, 0.1) is 6.92 Å². The smallest absolute Gasteiger partial charge is 0.227 e. The summed E-state index contributed by atoms with van der Waals surface area (Å²) in [5.74, 6) is 0. The van der Waals surface area contributed by atoms with E-state index in [4.69, 9.17) is 9.40 Å². The molecule has 0 radical (unpaired) electrons. The maximum atomic E-state index is 6.37. The van der Waals surface area contributed by atoms with Crippen molar-refractivity contribution in [3.8, 4) is 0 Å². The minimum atomic E-state index is -0.251. The molecule has 3 nitrogen and oxygen atoms in total. The number of furan rings is 1. The monoisotopic (exact) mass is 346 g/mol. The van der Waals surface area contributed by atoms with Crippen LogP contribution >= 0.6 is 0 Å². The highest BCUT2D eigenvalue weighted by molar-refractivity contribution is 6.05. The second-order valence-electron chi connectivity index (χ2n) is 8.49. The first-order valence-electron chi connectivity index (χ1n) is 9.14. The average Bonchev–Trinajstić information content (AvgIpc) is 2.94. The number of hydrogen-bond donors (Lipinski definition) is 0. The van der Waals surface area contributed by atoms with Crippen molar-refractivity contribution in [1.82, 2.24) is 9.88 Å². The van der Waals surface area contributed by atoms with Gasteiger partial charge in [0.1, 0.15) is 5.58 Å². The summed E-state index contributed by atoms with van der Waals surface area (Å²) in [7, 11) is 2.11. The molecule has 134 valence electrons. The predicted molar refractivity (Wildman–Crippen MR) is 108 cm³/mol. The van der Waals surface area contributed by atoms with E-state index in [2.05, 4.69) is 95.3 Å². The summed E-state index contributed by atoms with van der Waals surface area (Å²) in [6.07, 6.45) is 8.51. The van der Waals surface area contributed by atoms with E-state index in [0.29, 0.717) is 0 Å². The first-order valence-corrected chi connectivity index (χ1v) is 9.14. The lowest BCUT2D eigenvalue weighted by molar-refractivity contribution is 0.261. The van der Waals surface area contributed by atoms with Crippen LogP contribution in [0.25, 0.3) is 22.1 Å². The number of fused-ring (bicyclic) bond motifs is 3. The Hall–Kier alpha value is -2.55. The van der Waals surface area contributed by atoms with Crippen molar-refractivity contribution in [2.75, 3.05) is 7.05 Å². The number of pyridine rings is 1. The lowest BCUT2D eigenvalue weighted by Gasteiger charge is -2.38. The topological polar surface area (TPSA) is 29.3 Å². The summed E-state index contributed by atoms with van der Waals surface area (Å²) in [5, 5.41) is 2.21. The molecule has 0 aliphatic carbocycles. The third-order valence-electron chi connectivity index (χ3n) is 5.56. The highest BCUT2D eigenvalue weighted by Gasteiger charge is 2.33. The fourth-order valence-electron chi connectivity index (χ4n) is 3.82. The van der Waals surface area contributed by atoms with Crippen LogP contribution in [0.1, 0.15) is 44.5 Å². The summed E-state index contributed by atoms with van der Waals surface area (Å²) in [6.45, 7) is 10.9. The van der Waals surface area contributed by atoms with Crippen molar-refractivity contribution < 1.29 is 4.42 Å². The fourth-order valence-corrected chi connectivity index (χ4v) is 3.82. The van der Waals surface area contributed by atoms with Gasteiger partial charge in [-0.05, 0) is 43.8 Å². The Balaban J connectivity index is 2.04. The average molecular weight is 346 g/mol. The van der Waals surface area contributed by atoms with Crippen LogP contribution in [0.2, 0.25) is 0 Å². The molecule has 0 fully saturated rings. The first kappa shape index (κ1) is 16.9. The zero-order chi connectivity index (χ0) is 18.7. The van der Waals surface area contributed by atoms with E-state index < -0.39 is 0 Å². The first-order chi connectivity index (χ1) is 12.2. The summed E-state index contributed by atoms with van der Waals surface area (Å²) >= 11 is 0. The standard InChI is InChI=1S/C23H26N2O/c1-15-9-10-16-17-11-12-18(22(2,3)4)24-21(17)26-20(16)19(15)23(5)13-7-8-14-25(23)6/h7-14H,1-6H3. The van der Waals surface area contributed by atoms with Crippen molar-refractivity contribution in [2.45, 2.75) is 45.6 Å². The summed E-state index contributed by atoms with van der Waals surface area (Å²) in [4.78, 5) is 7.06. The highest BCUT2D eigenvalue weighted by atomic mass is 16.3. The van der Waals surface area contributed by atoms with E-state index in [1.165, 1.54) is 11.1 Å². The normalized spacial score (nSPS) is 20.5. The molecule has 3 heterocycles. The van der Waals surface area contributed by atoms with Crippen LogP contribution in [0.3, 0.4) is 0 Å². The van der Waals surface area contributed by atoms with E-state index in [-0.39, 0.29) is 11.0 Å². The highest BCUT2D eigenvalue weighted by Crippen LogP contribution is 2.41. The van der Waals surface area contributed by atoms with Crippen LogP contribution in [0.15, 0.2) is 53.1 Å². The van der Waals surface area contributed by atoms with Crippen molar-refractivity contribution in [1.29, 1.82) is 0 Å². The minimum absolute atomic E-state index is 0.00495. The third kappa shape index (κ3) is 2.38. The number of hydrogen-bond acceptors (Lipinski definition) is 3. The van der Waals surface area contributed by atoms with Crippen molar-refractivity contribution in [3.05, 3.63) is 65.5 Å².